The van der Waals surface area contributed by atoms with E-state index in [1.54, 1.807) is 0 Å². The molecule has 2 rings (SSSR count). The smallest absolute Gasteiger partial charge is 0.323 e. The van der Waals surface area contributed by atoms with Gasteiger partial charge in [-0.3, -0.25) is 4.79 Å². The summed E-state index contributed by atoms with van der Waals surface area (Å²) in [5, 5.41) is 8.72. The summed E-state index contributed by atoms with van der Waals surface area (Å²) >= 11 is 0. The van der Waals surface area contributed by atoms with E-state index in [0.717, 1.165) is 5.69 Å². The van der Waals surface area contributed by atoms with Crippen LogP contribution in [-0.4, -0.2) is 15.6 Å². The lowest BCUT2D eigenvalue weighted by atomic mass is 10.3. The highest BCUT2D eigenvalue weighted by molar-refractivity contribution is 5.67. The van der Waals surface area contributed by atoms with E-state index in [4.69, 9.17) is 5.11 Å². The van der Waals surface area contributed by atoms with Gasteiger partial charge in [0.05, 0.1) is 0 Å². The number of rotatable bonds is 3. The molecule has 0 radical (unpaired) electrons. The third-order valence-electron chi connectivity index (χ3n) is 2.52. The summed E-state index contributed by atoms with van der Waals surface area (Å²) in [6.45, 7) is 2.06. The average Bonchev–Trinajstić information content (AvgIpc) is 2.81. The Hall–Kier alpha value is -1.25. The molecule has 1 aliphatic carbocycles. The van der Waals surface area contributed by atoms with E-state index < -0.39 is 5.97 Å². The molecule has 1 aromatic heterocycles. The van der Waals surface area contributed by atoms with E-state index >= 15 is 0 Å². The molecule has 1 aliphatic rings. The molecule has 1 fully saturated rings. The van der Waals surface area contributed by atoms with Crippen molar-refractivity contribution >= 4 is 5.97 Å². The van der Waals surface area contributed by atoms with E-state index in [0.29, 0.717) is 5.92 Å². The fourth-order valence-electron chi connectivity index (χ4n) is 1.68. The molecule has 1 aromatic rings. The first-order valence-corrected chi connectivity index (χ1v) is 4.56. The molecule has 1 saturated carbocycles. The Bertz CT molecular complexity index is 337. The van der Waals surface area contributed by atoms with Crippen molar-refractivity contribution in [3.8, 4) is 0 Å². The first-order chi connectivity index (χ1) is 6.18. The predicted octanol–water partition coefficient (Wildman–Crippen LogP) is 1.76. The number of hydrogen-bond acceptors (Lipinski definition) is 1. The van der Waals surface area contributed by atoms with Crippen molar-refractivity contribution in [2.24, 2.45) is 0 Å². The summed E-state index contributed by atoms with van der Waals surface area (Å²) in [5.41, 5.74) is 2.24. The van der Waals surface area contributed by atoms with Crippen LogP contribution in [0.15, 0.2) is 12.1 Å². The molecule has 13 heavy (non-hydrogen) atoms. The van der Waals surface area contributed by atoms with Gasteiger partial charge < -0.3 is 9.67 Å². The van der Waals surface area contributed by atoms with E-state index in [9.17, 15) is 4.79 Å². The largest absolute Gasteiger partial charge is 0.480 e. The Morgan fingerprint density at radius 3 is 2.85 bits per heavy atom. The third kappa shape index (κ3) is 1.59. The molecule has 0 unspecified atom stereocenters. The highest BCUT2D eigenvalue weighted by Crippen LogP contribution is 2.40. The van der Waals surface area contributed by atoms with Crippen LogP contribution in [-0.2, 0) is 11.3 Å². The predicted molar refractivity (Wildman–Crippen MR) is 48.8 cm³/mol. The molecule has 0 aromatic carbocycles. The monoisotopic (exact) mass is 179 g/mol. The number of aliphatic carboxylic acids is 1. The molecule has 1 heterocycles. The van der Waals surface area contributed by atoms with Gasteiger partial charge in [0.2, 0.25) is 0 Å². The first kappa shape index (κ1) is 8.35. The van der Waals surface area contributed by atoms with Crippen LogP contribution >= 0.6 is 0 Å². The van der Waals surface area contributed by atoms with Gasteiger partial charge in [-0.1, -0.05) is 0 Å². The summed E-state index contributed by atoms with van der Waals surface area (Å²) in [4.78, 5) is 10.6. The van der Waals surface area contributed by atoms with Gasteiger partial charge >= 0.3 is 5.97 Å². The molecule has 70 valence electrons. The van der Waals surface area contributed by atoms with Gasteiger partial charge in [-0.25, -0.2) is 0 Å². The molecule has 3 nitrogen and oxygen atoms in total. The summed E-state index contributed by atoms with van der Waals surface area (Å²) in [6.07, 6.45) is 2.42. The second kappa shape index (κ2) is 2.91. The second-order valence-corrected chi connectivity index (χ2v) is 3.65. The topological polar surface area (TPSA) is 42.2 Å². The normalized spacial score (nSPS) is 16.1. The van der Waals surface area contributed by atoms with E-state index in [1.807, 2.05) is 17.6 Å². The maximum absolute atomic E-state index is 10.6. The number of aromatic nitrogens is 1. The number of carboxylic acids is 1. The Labute approximate surface area is 77.0 Å². The summed E-state index contributed by atoms with van der Waals surface area (Å²) in [7, 11) is 0. The quantitative estimate of drug-likeness (QED) is 0.768. The fourth-order valence-corrected chi connectivity index (χ4v) is 1.68. The number of nitrogens with zero attached hydrogens (tertiary/aromatic N) is 1. The molecule has 0 atom stereocenters. The molecule has 3 heteroatoms. The number of aryl methyl sites for hydroxylation is 1. The van der Waals surface area contributed by atoms with Gasteiger partial charge in [-0.2, -0.15) is 0 Å². The molecule has 0 amide bonds. The third-order valence-corrected chi connectivity index (χ3v) is 2.52. The van der Waals surface area contributed by atoms with Gasteiger partial charge in [-0.05, 0) is 37.8 Å². The zero-order valence-electron chi connectivity index (χ0n) is 7.66. The van der Waals surface area contributed by atoms with Crippen molar-refractivity contribution in [3.05, 3.63) is 23.5 Å². The fraction of sp³-hybridized carbons (Fsp3) is 0.500. The van der Waals surface area contributed by atoms with Crippen molar-refractivity contribution in [3.63, 3.8) is 0 Å². The SMILES string of the molecule is Cc1ccc(C2CC2)n1CC(=O)O. The van der Waals surface area contributed by atoms with Gasteiger partial charge in [0, 0.05) is 11.4 Å². The van der Waals surface area contributed by atoms with Crippen LogP contribution in [0.5, 0.6) is 0 Å². The van der Waals surface area contributed by atoms with Crippen LogP contribution in [0.4, 0.5) is 0 Å². The maximum atomic E-state index is 10.6. The Morgan fingerprint density at radius 2 is 2.31 bits per heavy atom. The minimum Gasteiger partial charge on any atom is -0.480 e. The van der Waals surface area contributed by atoms with Gasteiger partial charge in [-0.15, -0.1) is 0 Å². The van der Waals surface area contributed by atoms with Gasteiger partial charge in [0.15, 0.2) is 0 Å². The lowest BCUT2D eigenvalue weighted by Gasteiger charge is -2.07. The standard InChI is InChI=1S/C10H13NO2/c1-7-2-5-9(8-3-4-8)11(7)6-10(12)13/h2,5,8H,3-4,6H2,1H3,(H,12,13). The van der Waals surface area contributed by atoms with Gasteiger partial charge in [0.25, 0.3) is 0 Å². The zero-order chi connectivity index (χ0) is 9.42. The van der Waals surface area contributed by atoms with Crippen molar-refractivity contribution in [1.29, 1.82) is 0 Å². The number of carboxylic acid groups (broad SMARTS) is 1. The lowest BCUT2D eigenvalue weighted by molar-refractivity contribution is -0.137. The van der Waals surface area contributed by atoms with Crippen LogP contribution in [0.3, 0.4) is 0 Å². The number of hydrogen-bond donors (Lipinski definition) is 1. The summed E-state index contributed by atoms with van der Waals surface area (Å²) < 4.78 is 1.90. The minimum absolute atomic E-state index is 0.102. The Kier molecular flexibility index (Phi) is 1.87. The van der Waals surface area contributed by atoms with Crippen LogP contribution < -0.4 is 0 Å². The highest BCUT2D eigenvalue weighted by atomic mass is 16.4. The Balaban J connectivity index is 2.28. The molecular formula is C10H13NO2. The maximum Gasteiger partial charge on any atom is 0.323 e. The summed E-state index contributed by atoms with van der Waals surface area (Å²) in [5.74, 6) is -0.144. The number of carbonyl (C=O) groups is 1. The zero-order valence-corrected chi connectivity index (χ0v) is 7.66. The first-order valence-electron chi connectivity index (χ1n) is 4.56. The van der Waals surface area contributed by atoms with Crippen molar-refractivity contribution in [1.82, 2.24) is 4.57 Å². The van der Waals surface area contributed by atoms with Gasteiger partial charge in [0.1, 0.15) is 6.54 Å². The molecule has 0 bridgehead atoms. The Morgan fingerprint density at radius 1 is 1.62 bits per heavy atom. The van der Waals surface area contributed by atoms with Crippen LogP contribution in [0.2, 0.25) is 0 Å². The molecule has 0 saturated heterocycles. The van der Waals surface area contributed by atoms with Crippen molar-refractivity contribution in [2.45, 2.75) is 32.2 Å². The van der Waals surface area contributed by atoms with Crippen LogP contribution in [0.25, 0.3) is 0 Å². The van der Waals surface area contributed by atoms with E-state index in [2.05, 4.69) is 6.07 Å². The van der Waals surface area contributed by atoms with E-state index in [1.165, 1.54) is 18.5 Å². The van der Waals surface area contributed by atoms with Crippen LogP contribution in [0, 0.1) is 6.92 Å². The molecule has 0 spiro atoms. The van der Waals surface area contributed by atoms with Crippen molar-refractivity contribution < 1.29 is 9.90 Å². The lowest BCUT2D eigenvalue weighted by Crippen LogP contribution is -2.12. The molecular weight excluding hydrogens is 166 g/mol. The highest BCUT2D eigenvalue weighted by Gasteiger charge is 2.27. The van der Waals surface area contributed by atoms with E-state index in [-0.39, 0.29) is 6.54 Å². The minimum atomic E-state index is -0.763. The second-order valence-electron chi connectivity index (χ2n) is 3.65. The average molecular weight is 179 g/mol. The molecule has 0 aliphatic heterocycles. The van der Waals surface area contributed by atoms with Crippen LogP contribution in [0.1, 0.15) is 30.1 Å². The van der Waals surface area contributed by atoms with Crippen molar-refractivity contribution in [2.75, 3.05) is 0 Å². The molecule has 1 N–H and O–H groups in total. The summed E-state index contributed by atoms with van der Waals surface area (Å²) in [6, 6.07) is 4.05.